The summed E-state index contributed by atoms with van der Waals surface area (Å²) in [7, 11) is -1.01. The van der Waals surface area contributed by atoms with Crippen LogP contribution in [0, 0.1) is 0 Å². The van der Waals surface area contributed by atoms with E-state index in [9.17, 15) is 21.6 Å². The van der Waals surface area contributed by atoms with Gasteiger partial charge in [-0.1, -0.05) is 6.07 Å². The van der Waals surface area contributed by atoms with Crippen LogP contribution in [0.5, 0.6) is 0 Å². The van der Waals surface area contributed by atoms with Gasteiger partial charge in [0.2, 0.25) is 0 Å². The van der Waals surface area contributed by atoms with Crippen LogP contribution in [0.25, 0.3) is 11.1 Å². The average Bonchev–Trinajstić information content (AvgIpc) is 2.52. The maximum Gasteiger partial charge on any atom is 0.417 e. The fraction of sp³-hybridized carbons (Fsp3) is 0.200. The first kappa shape index (κ1) is 18.7. The minimum Gasteiger partial charge on any atom is -0.399 e. The highest BCUT2D eigenvalue weighted by molar-refractivity contribution is 7.90. The van der Waals surface area contributed by atoms with Crippen LogP contribution in [-0.2, 0) is 16.2 Å². The minimum atomic E-state index is -4.60. The molecule has 0 bridgehead atoms. The summed E-state index contributed by atoms with van der Waals surface area (Å²) in [4.78, 5) is 4.67. The van der Waals surface area contributed by atoms with Gasteiger partial charge in [0.1, 0.15) is 6.34 Å². The second-order valence-electron chi connectivity index (χ2n) is 5.38. The third kappa shape index (κ3) is 4.47. The number of benzene rings is 1. The summed E-state index contributed by atoms with van der Waals surface area (Å²) < 4.78 is 67.0. The Morgan fingerprint density at radius 3 is 2.48 bits per heavy atom. The molecule has 0 atom stereocenters. The van der Waals surface area contributed by atoms with Crippen LogP contribution in [0.1, 0.15) is 5.56 Å². The zero-order valence-corrected chi connectivity index (χ0v) is 14.1. The van der Waals surface area contributed by atoms with E-state index in [1.54, 1.807) is 14.1 Å². The van der Waals surface area contributed by atoms with Crippen LogP contribution in [0.4, 0.5) is 18.9 Å². The molecular formula is C15H15F3N4O2S. The van der Waals surface area contributed by atoms with Gasteiger partial charge in [-0.15, -0.1) is 4.40 Å². The molecule has 2 rings (SSSR count). The number of nitrogens with zero attached hydrogens (tertiary/aromatic N) is 3. The van der Waals surface area contributed by atoms with Gasteiger partial charge in [-0.3, -0.25) is 4.98 Å². The van der Waals surface area contributed by atoms with Crippen LogP contribution in [0.15, 0.2) is 46.0 Å². The maximum atomic E-state index is 12.9. The molecule has 10 heteroatoms. The Hall–Kier alpha value is -2.62. The van der Waals surface area contributed by atoms with Crippen molar-refractivity contribution in [2.45, 2.75) is 11.1 Å². The molecule has 0 spiro atoms. The van der Waals surface area contributed by atoms with Crippen LogP contribution >= 0.6 is 0 Å². The first-order chi connectivity index (χ1) is 11.5. The highest BCUT2D eigenvalue weighted by atomic mass is 32.2. The Kier molecular flexibility index (Phi) is 5.02. The van der Waals surface area contributed by atoms with E-state index in [0.29, 0.717) is 6.20 Å². The molecule has 0 fully saturated rings. The molecule has 0 amide bonds. The summed E-state index contributed by atoms with van der Waals surface area (Å²) in [5.41, 5.74) is 4.82. The number of aromatic nitrogens is 1. The van der Waals surface area contributed by atoms with Crippen molar-refractivity contribution in [2.75, 3.05) is 19.8 Å². The monoisotopic (exact) mass is 372 g/mol. The third-order valence-electron chi connectivity index (χ3n) is 3.08. The Morgan fingerprint density at radius 1 is 1.20 bits per heavy atom. The van der Waals surface area contributed by atoms with Crippen molar-refractivity contribution >= 4 is 22.0 Å². The highest BCUT2D eigenvalue weighted by Gasteiger charge is 2.31. The third-order valence-corrected chi connectivity index (χ3v) is 4.34. The SMILES string of the molecule is CN(C)C=NS(=O)(=O)c1cc(N)ccc1-c1cncc(C(F)(F)F)c1. The number of rotatable bonds is 4. The number of halogens is 3. The second kappa shape index (κ2) is 6.71. The normalized spacial score (nSPS) is 12.5. The largest absolute Gasteiger partial charge is 0.417 e. The molecular weight excluding hydrogens is 357 g/mol. The zero-order chi connectivity index (χ0) is 18.8. The molecule has 2 aromatic rings. The van der Waals surface area contributed by atoms with E-state index < -0.39 is 21.8 Å². The lowest BCUT2D eigenvalue weighted by molar-refractivity contribution is -0.137. The first-order valence-corrected chi connectivity index (χ1v) is 8.34. The minimum absolute atomic E-state index is 0.00606. The Bertz CT molecular complexity index is 909. The highest BCUT2D eigenvalue weighted by Crippen LogP contribution is 2.34. The number of nitrogens with two attached hydrogens (primary N) is 1. The number of hydrogen-bond acceptors (Lipinski definition) is 4. The van der Waals surface area contributed by atoms with Gasteiger partial charge in [-0.2, -0.15) is 21.6 Å². The molecule has 134 valence electrons. The molecule has 0 saturated carbocycles. The molecule has 0 aliphatic carbocycles. The van der Waals surface area contributed by atoms with Crippen molar-refractivity contribution in [3.8, 4) is 11.1 Å². The van der Waals surface area contributed by atoms with E-state index in [1.165, 1.54) is 17.0 Å². The van der Waals surface area contributed by atoms with E-state index >= 15 is 0 Å². The Labute approximate surface area is 142 Å². The summed E-state index contributed by atoms with van der Waals surface area (Å²) in [5, 5.41) is 0. The number of hydrogen-bond donors (Lipinski definition) is 1. The summed E-state index contributed by atoms with van der Waals surface area (Å²) >= 11 is 0. The van der Waals surface area contributed by atoms with E-state index in [0.717, 1.165) is 24.7 Å². The van der Waals surface area contributed by atoms with Gasteiger partial charge >= 0.3 is 6.18 Å². The van der Waals surface area contributed by atoms with Crippen molar-refractivity contribution in [3.63, 3.8) is 0 Å². The van der Waals surface area contributed by atoms with E-state index in [4.69, 9.17) is 5.73 Å². The molecule has 0 unspecified atom stereocenters. The summed E-state index contributed by atoms with van der Waals surface area (Å²) in [6, 6.07) is 4.69. The Morgan fingerprint density at radius 2 is 1.88 bits per heavy atom. The number of anilines is 1. The second-order valence-corrected chi connectivity index (χ2v) is 6.98. The van der Waals surface area contributed by atoms with Gasteiger partial charge in [-0.25, -0.2) is 0 Å². The number of pyridine rings is 1. The predicted molar refractivity (Wildman–Crippen MR) is 88.5 cm³/mol. The summed E-state index contributed by atoms with van der Waals surface area (Å²) in [5.74, 6) is 0. The molecule has 0 aliphatic heterocycles. The molecule has 0 radical (unpaired) electrons. The van der Waals surface area contributed by atoms with Gasteiger partial charge in [0.15, 0.2) is 0 Å². The Balaban J connectivity index is 2.65. The first-order valence-electron chi connectivity index (χ1n) is 6.90. The van der Waals surface area contributed by atoms with Gasteiger partial charge in [0.25, 0.3) is 10.0 Å². The molecule has 25 heavy (non-hydrogen) atoms. The topological polar surface area (TPSA) is 88.7 Å². The van der Waals surface area contributed by atoms with Crippen LogP contribution in [0.3, 0.4) is 0 Å². The van der Waals surface area contributed by atoms with E-state index in [-0.39, 0.29) is 21.7 Å². The summed E-state index contributed by atoms with van der Waals surface area (Å²) in [6.45, 7) is 0. The fourth-order valence-corrected chi connectivity index (χ4v) is 3.12. The molecule has 2 N–H and O–H groups in total. The molecule has 1 aromatic heterocycles. The fourth-order valence-electron chi connectivity index (χ4n) is 1.95. The molecule has 1 heterocycles. The van der Waals surface area contributed by atoms with Gasteiger partial charge in [0, 0.05) is 43.3 Å². The number of sulfonamides is 1. The van der Waals surface area contributed by atoms with Crippen molar-refractivity contribution < 1.29 is 21.6 Å². The lowest BCUT2D eigenvalue weighted by Crippen LogP contribution is -2.11. The van der Waals surface area contributed by atoms with Crippen LogP contribution < -0.4 is 5.73 Å². The number of nitrogen functional groups attached to an aromatic ring is 1. The van der Waals surface area contributed by atoms with Crippen LogP contribution in [0.2, 0.25) is 0 Å². The van der Waals surface area contributed by atoms with Crippen LogP contribution in [-0.4, -0.2) is 38.7 Å². The quantitative estimate of drug-likeness (QED) is 0.506. The molecule has 6 nitrogen and oxygen atoms in total. The predicted octanol–water partition coefficient (Wildman–Crippen LogP) is 2.63. The maximum absolute atomic E-state index is 12.9. The van der Waals surface area contributed by atoms with Crippen molar-refractivity contribution in [3.05, 3.63) is 42.2 Å². The van der Waals surface area contributed by atoms with Gasteiger partial charge < -0.3 is 10.6 Å². The van der Waals surface area contributed by atoms with Crippen molar-refractivity contribution in [2.24, 2.45) is 4.40 Å². The smallest absolute Gasteiger partial charge is 0.399 e. The lowest BCUT2D eigenvalue weighted by atomic mass is 10.1. The molecule has 0 saturated heterocycles. The van der Waals surface area contributed by atoms with E-state index in [2.05, 4.69) is 9.38 Å². The molecule has 0 aliphatic rings. The van der Waals surface area contributed by atoms with E-state index in [1.807, 2.05) is 0 Å². The van der Waals surface area contributed by atoms with Gasteiger partial charge in [-0.05, 0) is 18.2 Å². The molecule has 1 aromatic carbocycles. The lowest BCUT2D eigenvalue weighted by Gasteiger charge is -2.12. The zero-order valence-electron chi connectivity index (χ0n) is 13.3. The van der Waals surface area contributed by atoms with Crippen molar-refractivity contribution in [1.82, 2.24) is 9.88 Å². The van der Waals surface area contributed by atoms with Gasteiger partial charge in [0.05, 0.1) is 10.5 Å². The number of alkyl halides is 3. The standard InChI is InChI=1S/C15H15F3N4O2S/c1-22(2)9-21-25(23,24)14-6-12(19)3-4-13(14)10-5-11(8-20-7-10)15(16,17)18/h3-9H,19H2,1-2H3. The summed E-state index contributed by atoms with van der Waals surface area (Å²) in [6.07, 6.45) is -1.71. The van der Waals surface area contributed by atoms with Crippen molar-refractivity contribution in [1.29, 1.82) is 0 Å². The average molecular weight is 372 g/mol.